The molecule has 27 heavy (non-hydrogen) atoms. The number of hydrazine groups is 1. The number of carbonyl (C=O) groups is 1. The van der Waals surface area contributed by atoms with E-state index in [0.29, 0.717) is 23.1 Å². The van der Waals surface area contributed by atoms with Crippen LogP contribution in [0.15, 0.2) is 36.7 Å². The number of piperidine rings is 1. The van der Waals surface area contributed by atoms with Gasteiger partial charge in [0.15, 0.2) is 0 Å². The zero-order valence-corrected chi connectivity index (χ0v) is 16.6. The topological polar surface area (TPSA) is 87.6 Å². The van der Waals surface area contributed by atoms with Crippen molar-refractivity contribution < 1.29 is 4.79 Å². The monoisotopic (exact) mass is 391 g/mol. The molecule has 1 aromatic rings. The maximum Gasteiger partial charge on any atom is 0.322 e. The molecule has 0 aromatic heterocycles. The minimum atomic E-state index is 0.0328. The third kappa shape index (κ3) is 4.87. The van der Waals surface area contributed by atoms with Crippen molar-refractivity contribution in [2.45, 2.75) is 63.6 Å². The van der Waals surface area contributed by atoms with Crippen LogP contribution in [-0.4, -0.2) is 34.1 Å². The van der Waals surface area contributed by atoms with Crippen LogP contribution >= 0.6 is 11.6 Å². The minimum absolute atomic E-state index is 0.0328. The van der Waals surface area contributed by atoms with Gasteiger partial charge in [0, 0.05) is 41.2 Å². The number of hydrogen-bond acceptors (Lipinski definition) is 4. The number of rotatable bonds is 3. The van der Waals surface area contributed by atoms with Crippen molar-refractivity contribution in [2.75, 3.05) is 5.32 Å². The maximum absolute atomic E-state index is 12.2. The van der Waals surface area contributed by atoms with Crippen molar-refractivity contribution in [2.24, 2.45) is 17.5 Å². The molecule has 148 valence electrons. The molecule has 4 fully saturated rings. The zero-order valence-electron chi connectivity index (χ0n) is 15.9. The molecule has 5 rings (SSSR count). The first-order chi connectivity index (χ1) is 13.0. The Morgan fingerprint density at radius 2 is 1.85 bits per heavy atom. The van der Waals surface area contributed by atoms with E-state index >= 15 is 0 Å². The fourth-order valence-corrected chi connectivity index (χ4v) is 4.23. The van der Waals surface area contributed by atoms with Crippen molar-refractivity contribution >= 4 is 23.3 Å². The molecule has 6 nitrogen and oxygen atoms in total. The van der Waals surface area contributed by atoms with E-state index in [1.54, 1.807) is 23.3 Å². The number of amides is 2. The Kier molecular flexibility index (Phi) is 6.50. The Bertz CT molecular complexity index is 649. The smallest absolute Gasteiger partial charge is 0.322 e. The van der Waals surface area contributed by atoms with Crippen LogP contribution < -0.4 is 16.9 Å². The number of nitrogens with two attached hydrogens (primary N) is 2. The summed E-state index contributed by atoms with van der Waals surface area (Å²) in [5.74, 6) is 6.31. The number of urea groups is 1. The minimum Gasteiger partial charge on any atom is -0.403 e. The fraction of sp³-hybridized carbons (Fsp3) is 0.550. The highest BCUT2D eigenvalue weighted by molar-refractivity contribution is 6.30. The molecule has 2 amide bonds. The predicted molar refractivity (Wildman–Crippen MR) is 110 cm³/mol. The predicted octanol–water partition coefficient (Wildman–Crippen LogP) is 3.89. The van der Waals surface area contributed by atoms with Crippen molar-refractivity contribution in [3.63, 3.8) is 0 Å². The van der Waals surface area contributed by atoms with E-state index in [1.807, 2.05) is 17.0 Å². The lowest BCUT2D eigenvalue weighted by molar-refractivity contribution is -0.00600. The highest BCUT2D eigenvalue weighted by atomic mass is 35.5. The molecule has 2 aliphatic carbocycles. The molecule has 2 unspecified atom stereocenters. The number of nitrogens with zero attached hydrogens (tertiary/aromatic N) is 2. The van der Waals surface area contributed by atoms with Gasteiger partial charge in [-0.05, 0) is 68.7 Å². The Morgan fingerprint density at radius 1 is 1.22 bits per heavy atom. The second-order valence-electron chi connectivity index (χ2n) is 7.84. The molecule has 2 bridgehead atoms. The molecule has 2 saturated carbocycles. The van der Waals surface area contributed by atoms with Crippen LogP contribution in [-0.2, 0) is 0 Å². The van der Waals surface area contributed by atoms with Crippen molar-refractivity contribution in [3.05, 3.63) is 41.7 Å². The molecule has 2 heterocycles. The highest BCUT2D eigenvalue weighted by Gasteiger charge is 2.46. The van der Waals surface area contributed by atoms with Gasteiger partial charge in [0.1, 0.15) is 0 Å². The van der Waals surface area contributed by atoms with Gasteiger partial charge in [0.25, 0.3) is 0 Å². The van der Waals surface area contributed by atoms with Crippen LogP contribution in [0.25, 0.3) is 0 Å². The molecule has 2 aliphatic heterocycles. The van der Waals surface area contributed by atoms with Gasteiger partial charge in [-0.25, -0.2) is 10.6 Å². The molecule has 5 N–H and O–H groups in total. The Balaban J connectivity index is 0.000000197. The lowest BCUT2D eigenvalue weighted by Crippen LogP contribution is -2.63. The van der Waals surface area contributed by atoms with E-state index in [9.17, 15) is 4.79 Å². The van der Waals surface area contributed by atoms with Gasteiger partial charge in [-0.1, -0.05) is 18.5 Å². The van der Waals surface area contributed by atoms with E-state index in [4.69, 9.17) is 23.2 Å². The highest BCUT2D eigenvalue weighted by Crippen LogP contribution is 2.41. The first kappa shape index (κ1) is 19.8. The largest absolute Gasteiger partial charge is 0.403 e. The molecule has 7 heteroatoms. The summed E-state index contributed by atoms with van der Waals surface area (Å²) in [5, 5.41) is 5.31. The first-order valence-corrected chi connectivity index (χ1v) is 10.1. The maximum atomic E-state index is 12.2. The van der Waals surface area contributed by atoms with Crippen LogP contribution in [0.4, 0.5) is 10.5 Å². The molecular formula is C20H30ClN5O. The normalized spacial score (nSPS) is 26.5. The Labute approximate surface area is 166 Å². The van der Waals surface area contributed by atoms with Gasteiger partial charge in [0.2, 0.25) is 0 Å². The number of fused-ring (bicyclic) bond motifs is 2. The van der Waals surface area contributed by atoms with Gasteiger partial charge in [0.05, 0.1) is 0 Å². The molecular weight excluding hydrogens is 362 g/mol. The van der Waals surface area contributed by atoms with Crippen LogP contribution in [0.2, 0.25) is 5.02 Å². The van der Waals surface area contributed by atoms with Gasteiger partial charge < -0.3 is 21.0 Å². The summed E-state index contributed by atoms with van der Waals surface area (Å²) in [7, 11) is 0. The third-order valence-corrected chi connectivity index (χ3v) is 6.02. The summed E-state index contributed by atoms with van der Waals surface area (Å²) >= 11 is 5.82. The average Bonchev–Trinajstić information content (AvgIpc) is 2.56. The summed E-state index contributed by atoms with van der Waals surface area (Å²) in [6.07, 6.45) is 10.4. The molecule has 1 aromatic carbocycles. The summed E-state index contributed by atoms with van der Waals surface area (Å²) in [4.78, 5) is 14.2. The van der Waals surface area contributed by atoms with E-state index in [0.717, 1.165) is 24.4 Å². The second kappa shape index (κ2) is 8.85. The second-order valence-corrected chi connectivity index (χ2v) is 8.27. The van der Waals surface area contributed by atoms with E-state index in [1.165, 1.54) is 31.9 Å². The van der Waals surface area contributed by atoms with Crippen LogP contribution in [0.1, 0.15) is 45.4 Å². The van der Waals surface area contributed by atoms with Gasteiger partial charge >= 0.3 is 6.03 Å². The summed E-state index contributed by atoms with van der Waals surface area (Å²) < 4.78 is 0. The van der Waals surface area contributed by atoms with Crippen molar-refractivity contribution in [3.8, 4) is 0 Å². The molecule has 2 saturated heterocycles. The summed E-state index contributed by atoms with van der Waals surface area (Å²) in [6.45, 7) is 2.27. The average molecular weight is 392 g/mol. The number of carbonyl (C=O) groups excluding carboxylic acids is 1. The number of nitrogens with one attached hydrogen (secondary N) is 1. The Hall–Kier alpha value is -1.92. The number of hydrogen-bond donors (Lipinski definition) is 3. The third-order valence-electron chi connectivity index (χ3n) is 5.76. The SMILES string of the molecule is CC1CC2C[C@@H](C1)N2C(=O)Nc1ccc(Cl)cc1.N/C=C\N(N)C1CCC1. The molecule has 0 radical (unpaired) electrons. The van der Waals surface area contributed by atoms with Gasteiger partial charge in [-0.15, -0.1) is 0 Å². The zero-order chi connectivity index (χ0) is 19.4. The van der Waals surface area contributed by atoms with Gasteiger partial charge in [-0.2, -0.15) is 0 Å². The number of anilines is 1. The van der Waals surface area contributed by atoms with Crippen LogP contribution in [0.5, 0.6) is 0 Å². The summed E-state index contributed by atoms with van der Waals surface area (Å²) in [6, 6.07) is 8.72. The number of benzene rings is 1. The molecule has 0 spiro atoms. The van der Waals surface area contributed by atoms with Crippen LogP contribution in [0.3, 0.4) is 0 Å². The van der Waals surface area contributed by atoms with Crippen LogP contribution in [0, 0.1) is 5.92 Å². The lowest BCUT2D eigenvalue weighted by atomic mass is 9.74. The Morgan fingerprint density at radius 3 is 2.37 bits per heavy atom. The molecule has 4 aliphatic rings. The van der Waals surface area contributed by atoms with E-state index in [2.05, 4.69) is 12.2 Å². The lowest BCUT2D eigenvalue weighted by Gasteiger charge is -2.54. The number of halogens is 1. The first-order valence-electron chi connectivity index (χ1n) is 9.74. The van der Waals surface area contributed by atoms with Gasteiger partial charge in [-0.3, -0.25) is 0 Å². The molecule has 3 atom stereocenters. The standard InChI is InChI=1S/C14H17ClN2O.C6H13N3/c1-9-6-12-8-13(7-9)17(12)14(18)16-11-4-2-10(15)3-5-11;7-4-5-9(8)6-2-1-3-6/h2-5,9,12-13H,6-8H2,1H3,(H,16,18);4-6H,1-3,7-8H2/b;5-4-/t9?,12-,13?;/m1./s1. The summed E-state index contributed by atoms with van der Waals surface area (Å²) in [5.41, 5.74) is 5.95. The van der Waals surface area contributed by atoms with E-state index < -0.39 is 0 Å². The van der Waals surface area contributed by atoms with E-state index in [-0.39, 0.29) is 6.03 Å². The van der Waals surface area contributed by atoms with Crippen molar-refractivity contribution in [1.29, 1.82) is 0 Å². The quantitative estimate of drug-likeness (QED) is 0.538. The van der Waals surface area contributed by atoms with Crippen molar-refractivity contribution in [1.82, 2.24) is 9.91 Å². The fourth-order valence-electron chi connectivity index (χ4n) is 4.10.